The van der Waals surface area contributed by atoms with Crippen LogP contribution in [0.5, 0.6) is 5.75 Å². The van der Waals surface area contributed by atoms with Gasteiger partial charge in [-0.1, -0.05) is 28.1 Å². The van der Waals surface area contributed by atoms with Crippen LogP contribution in [-0.4, -0.2) is 19.6 Å². The number of aryl methyl sites for hydroxylation is 1. The Hall–Kier alpha value is -2.01. The second kappa shape index (κ2) is 8.58. The second-order valence-corrected chi connectivity index (χ2v) is 6.12. The number of rotatable bonds is 7. The van der Waals surface area contributed by atoms with E-state index in [2.05, 4.69) is 32.6 Å². The van der Waals surface area contributed by atoms with Gasteiger partial charge in [0.05, 0.1) is 7.11 Å². The normalized spacial score (nSPS) is 10.2. The molecule has 5 heteroatoms. The average molecular weight is 377 g/mol. The first-order valence-corrected chi connectivity index (χ1v) is 8.27. The minimum Gasteiger partial charge on any atom is -0.497 e. The molecule has 0 saturated heterocycles. The number of hydrogen-bond donors (Lipinski definition) is 2. The van der Waals surface area contributed by atoms with Crippen molar-refractivity contribution in [1.82, 2.24) is 5.32 Å². The van der Waals surface area contributed by atoms with E-state index in [1.165, 1.54) is 5.56 Å². The molecule has 122 valence electrons. The fourth-order valence-electron chi connectivity index (χ4n) is 2.11. The maximum absolute atomic E-state index is 11.9. The highest BCUT2D eigenvalue weighted by Crippen LogP contribution is 2.19. The molecular weight excluding hydrogens is 356 g/mol. The van der Waals surface area contributed by atoms with Crippen LogP contribution < -0.4 is 15.4 Å². The molecule has 0 unspecified atom stereocenters. The largest absolute Gasteiger partial charge is 0.497 e. The van der Waals surface area contributed by atoms with Gasteiger partial charge >= 0.3 is 0 Å². The van der Waals surface area contributed by atoms with Gasteiger partial charge in [-0.15, -0.1) is 0 Å². The number of halogens is 1. The number of nitrogens with one attached hydrogen (secondary N) is 2. The van der Waals surface area contributed by atoms with Gasteiger partial charge < -0.3 is 15.4 Å². The summed E-state index contributed by atoms with van der Waals surface area (Å²) in [7, 11) is 1.64. The highest BCUT2D eigenvalue weighted by molar-refractivity contribution is 9.10. The zero-order chi connectivity index (χ0) is 16.7. The van der Waals surface area contributed by atoms with E-state index in [0.29, 0.717) is 19.5 Å². The number of carbonyl (C=O) groups excluding carboxylic acids is 1. The van der Waals surface area contributed by atoms with Crippen molar-refractivity contribution in [1.29, 1.82) is 0 Å². The highest BCUT2D eigenvalue weighted by Gasteiger charge is 2.02. The van der Waals surface area contributed by atoms with Crippen molar-refractivity contribution in [2.45, 2.75) is 19.9 Å². The summed E-state index contributed by atoms with van der Waals surface area (Å²) in [5.74, 6) is 0.844. The van der Waals surface area contributed by atoms with E-state index in [-0.39, 0.29) is 5.91 Å². The lowest BCUT2D eigenvalue weighted by Gasteiger charge is -2.09. The number of anilines is 1. The molecule has 0 radical (unpaired) electrons. The van der Waals surface area contributed by atoms with E-state index < -0.39 is 0 Å². The number of carbonyl (C=O) groups is 1. The lowest BCUT2D eigenvalue weighted by molar-refractivity contribution is -0.121. The molecule has 0 aliphatic carbocycles. The quantitative estimate of drug-likeness (QED) is 0.770. The molecule has 1 amide bonds. The third-order valence-corrected chi connectivity index (χ3v) is 4.38. The molecule has 0 aliphatic heterocycles. The first-order valence-electron chi connectivity index (χ1n) is 7.48. The minimum atomic E-state index is 0.0298. The van der Waals surface area contributed by atoms with E-state index in [1.54, 1.807) is 7.11 Å². The number of amides is 1. The lowest BCUT2D eigenvalue weighted by atomic mass is 10.2. The fourth-order valence-corrected chi connectivity index (χ4v) is 2.35. The van der Waals surface area contributed by atoms with Gasteiger partial charge in [-0.25, -0.2) is 0 Å². The van der Waals surface area contributed by atoms with E-state index in [9.17, 15) is 4.79 Å². The Labute approximate surface area is 145 Å². The molecule has 4 nitrogen and oxygen atoms in total. The summed E-state index contributed by atoms with van der Waals surface area (Å²) in [4.78, 5) is 11.9. The molecule has 0 saturated carbocycles. The van der Waals surface area contributed by atoms with Gasteiger partial charge in [-0.3, -0.25) is 4.79 Å². The summed E-state index contributed by atoms with van der Waals surface area (Å²) in [6, 6.07) is 13.7. The Morgan fingerprint density at radius 3 is 2.57 bits per heavy atom. The second-order valence-electron chi connectivity index (χ2n) is 5.27. The molecule has 0 fully saturated rings. The zero-order valence-electron chi connectivity index (χ0n) is 13.4. The number of methoxy groups -OCH3 is 1. The standard InChI is InChI=1S/C18H21BrN2O2/c1-13-11-15(5-8-17(13)19)20-10-9-18(22)21-12-14-3-6-16(23-2)7-4-14/h3-8,11,20H,9-10,12H2,1-2H3,(H,21,22). The van der Waals surface area contributed by atoms with Gasteiger partial charge in [0, 0.05) is 29.7 Å². The number of hydrogen-bond acceptors (Lipinski definition) is 3. The van der Waals surface area contributed by atoms with E-state index in [0.717, 1.165) is 21.5 Å². The predicted octanol–water partition coefficient (Wildman–Crippen LogP) is 3.88. The van der Waals surface area contributed by atoms with Gasteiger partial charge in [0.2, 0.25) is 5.91 Å². The van der Waals surface area contributed by atoms with Crippen LogP contribution in [0.4, 0.5) is 5.69 Å². The molecule has 0 aliphatic rings. The first-order chi connectivity index (χ1) is 11.1. The van der Waals surface area contributed by atoms with Gasteiger partial charge in [0.1, 0.15) is 5.75 Å². The number of benzene rings is 2. The van der Waals surface area contributed by atoms with Crippen LogP contribution in [0.15, 0.2) is 46.9 Å². The molecule has 0 aromatic heterocycles. The van der Waals surface area contributed by atoms with Crippen molar-refractivity contribution in [2.75, 3.05) is 19.0 Å². The van der Waals surface area contributed by atoms with Crippen molar-refractivity contribution < 1.29 is 9.53 Å². The van der Waals surface area contributed by atoms with Gasteiger partial charge in [-0.2, -0.15) is 0 Å². The zero-order valence-corrected chi connectivity index (χ0v) is 14.9. The third kappa shape index (κ3) is 5.60. The van der Waals surface area contributed by atoms with Crippen molar-refractivity contribution in [3.63, 3.8) is 0 Å². The van der Waals surface area contributed by atoms with Crippen LogP contribution in [0.2, 0.25) is 0 Å². The van der Waals surface area contributed by atoms with Crippen LogP contribution in [-0.2, 0) is 11.3 Å². The Balaban J connectivity index is 1.71. The van der Waals surface area contributed by atoms with Crippen LogP contribution in [0.25, 0.3) is 0 Å². The number of ether oxygens (including phenoxy) is 1. The van der Waals surface area contributed by atoms with Crippen LogP contribution in [0, 0.1) is 6.92 Å². The van der Waals surface area contributed by atoms with Gasteiger partial charge in [-0.05, 0) is 48.4 Å². The van der Waals surface area contributed by atoms with Crippen LogP contribution in [0.3, 0.4) is 0 Å². The summed E-state index contributed by atoms with van der Waals surface area (Å²) >= 11 is 3.47. The molecule has 0 heterocycles. The molecular formula is C18H21BrN2O2. The maximum atomic E-state index is 11.9. The lowest BCUT2D eigenvalue weighted by Crippen LogP contribution is -2.24. The highest BCUT2D eigenvalue weighted by atomic mass is 79.9. The molecule has 0 bridgehead atoms. The summed E-state index contributed by atoms with van der Waals surface area (Å²) in [6.45, 7) is 3.17. The summed E-state index contributed by atoms with van der Waals surface area (Å²) < 4.78 is 6.19. The maximum Gasteiger partial charge on any atom is 0.222 e. The van der Waals surface area contributed by atoms with Crippen LogP contribution >= 0.6 is 15.9 Å². The van der Waals surface area contributed by atoms with Crippen molar-refractivity contribution >= 4 is 27.5 Å². The van der Waals surface area contributed by atoms with Gasteiger partial charge in [0.15, 0.2) is 0 Å². The van der Waals surface area contributed by atoms with E-state index in [4.69, 9.17) is 4.74 Å². The van der Waals surface area contributed by atoms with Crippen LogP contribution in [0.1, 0.15) is 17.5 Å². The smallest absolute Gasteiger partial charge is 0.222 e. The van der Waals surface area contributed by atoms with Gasteiger partial charge in [0.25, 0.3) is 0 Å². The molecule has 0 spiro atoms. The SMILES string of the molecule is COc1ccc(CNC(=O)CCNc2ccc(Br)c(C)c2)cc1. The first kappa shape index (κ1) is 17.3. The Morgan fingerprint density at radius 2 is 1.91 bits per heavy atom. The molecule has 2 aromatic carbocycles. The van der Waals surface area contributed by atoms with E-state index in [1.807, 2.05) is 43.3 Å². The van der Waals surface area contributed by atoms with Crippen molar-refractivity contribution in [3.8, 4) is 5.75 Å². The van der Waals surface area contributed by atoms with Crippen molar-refractivity contribution in [2.24, 2.45) is 0 Å². The Morgan fingerprint density at radius 1 is 1.17 bits per heavy atom. The molecule has 23 heavy (non-hydrogen) atoms. The van der Waals surface area contributed by atoms with E-state index >= 15 is 0 Å². The predicted molar refractivity (Wildman–Crippen MR) is 96.8 cm³/mol. The van der Waals surface area contributed by atoms with Crippen molar-refractivity contribution in [3.05, 3.63) is 58.1 Å². The molecule has 2 N–H and O–H groups in total. The topological polar surface area (TPSA) is 50.4 Å². The Bertz CT molecular complexity index is 657. The minimum absolute atomic E-state index is 0.0298. The monoisotopic (exact) mass is 376 g/mol. The molecule has 0 atom stereocenters. The summed E-state index contributed by atoms with van der Waals surface area (Å²) in [6.07, 6.45) is 0.436. The summed E-state index contributed by atoms with van der Waals surface area (Å²) in [5.41, 5.74) is 3.24. The Kier molecular flexibility index (Phi) is 6.47. The third-order valence-electron chi connectivity index (χ3n) is 3.49. The summed E-state index contributed by atoms with van der Waals surface area (Å²) in [5, 5.41) is 6.17. The molecule has 2 aromatic rings. The molecule has 2 rings (SSSR count). The average Bonchev–Trinajstić information content (AvgIpc) is 2.56. The fraction of sp³-hybridized carbons (Fsp3) is 0.278.